The summed E-state index contributed by atoms with van der Waals surface area (Å²) < 4.78 is 44.3. The zero-order chi connectivity index (χ0) is 33.4. The van der Waals surface area contributed by atoms with E-state index in [1.54, 1.807) is 13.8 Å². The minimum absolute atomic E-state index is 0.0700. The number of likely N-dealkylation sites (tertiary alicyclic amines) is 1. The SMILES string of the molecule is CC(C)[C@H](NC(=O)CN1C(=O)NC(c2ccncc2)(N2C(=O)CCC2=O)C1=O)C(=O)c1noc(Cc2cccc(C(F)(F)F)c2)n1. The van der Waals surface area contributed by atoms with E-state index in [9.17, 15) is 41.9 Å². The van der Waals surface area contributed by atoms with E-state index in [2.05, 4.69) is 25.8 Å². The Kier molecular flexibility index (Phi) is 8.42. The molecule has 2 atom stereocenters. The van der Waals surface area contributed by atoms with E-state index < -0.39 is 77.2 Å². The van der Waals surface area contributed by atoms with Crippen molar-refractivity contribution in [3.8, 4) is 0 Å². The predicted octanol–water partition coefficient (Wildman–Crippen LogP) is 1.95. The highest BCUT2D eigenvalue weighted by atomic mass is 19.4. The number of aromatic nitrogens is 3. The number of carbonyl (C=O) groups is 6. The smallest absolute Gasteiger partial charge is 0.344 e. The maximum Gasteiger partial charge on any atom is 0.416 e. The molecule has 2 aliphatic rings. The van der Waals surface area contributed by atoms with Crippen molar-refractivity contribution in [3.05, 3.63) is 77.2 Å². The first-order chi connectivity index (χ1) is 21.7. The van der Waals surface area contributed by atoms with Gasteiger partial charge in [-0.05, 0) is 29.7 Å². The number of Topliss-reactive ketones (excluding diaryl/α,β-unsaturated/α-hetero) is 1. The molecule has 1 unspecified atom stereocenters. The van der Waals surface area contributed by atoms with Crippen LogP contribution in [0.25, 0.3) is 0 Å². The van der Waals surface area contributed by atoms with Gasteiger partial charge in [-0.3, -0.25) is 33.9 Å². The molecular formula is C29H26F3N7O7. The van der Waals surface area contributed by atoms with Gasteiger partial charge in [-0.1, -0.05) is 37.2 Å². The minimum atomic E-state index is -4.56. The summed E-state index contributed by atoms with van der Waals surface area (Å²) in [5.74, 6) is -5.33. The molecule has 240 valence electrons. The van der Waals surface area contributed by atoms with Crippen LogP contribution in [0.2, 0.25) is 0 Å². The van der Waals surface area contributed by atoms with Gasteiger partial charge in [-0.15, -0.1) is 0 Å². The molecule has 17 heteroatoms. The number of alkyl halides is 3. The summed E-state index contributed by atoms with van der Waals surface area (Å²) >= 11 is 0. The van der Waals surface area contributed by atoms with Crippen LogP contribution in [-0.2, 0) is 37.4 Å². The number of carbonyl (C=O) groups excluding carboxylic acids is 6. The van der Waals surface area contributed by atoms with Gasteiger partial charge >= 0.3 is 12.2 Å². The number of pyridine rings is 1. The predicted molar refractivity (Wildman–Crippen MR) is 147 cm³/mol. The second kappa shape index (κ2) is 12.1. The van der Waals surface area contributed by atoms with Crippen LogP contribution in [0.1, 0.15) is 59.9 Å². The zero-order valence-electron chi connectivity index (χ0n) is 24.3. The van der Waals surface area contributed by atoms with Gasteiger partial charge in [0, 0.05) is 30.8 Å². The van der Waals surface area contributed by atoms with Crippen LogP contribution >= 0.6 is 0 Å². The van der Waals surface area contributed by atoms with Gasteiger partial charge in [-0.2, -0.15) is 18.2 Å². The molecule has 0 radical (unpaired) electrons. The van der Waals surface area contributed by atoms with Crippen molar-refractivity contribution in [1.82, 2.24) is 35.6 Å². The van der Waals surface area contributed by atoms with Crippen LogP contribution in [-0.4, -0.2) is 73.0 Å². The van der Waals surface area contributed by atoms with E-state index in [0.29, 0.717) is 9.80 Å². The van der Waals surface area contributed by atoms with Crippen molar-refractivity contribution in [2.75, 3.05) is 6.54 Å². The van der Waals surface area contributed by atoms with E-state index in [-0.39, 0.29) is 36.3 Å². The lowest BCUT2D eigenvalue weighted by molar-refractivity contribution is -0.156. The average molecular weight is 642 g/mol. The molecule has 46 heavy (non-hydrogen) atoms. The van der Waals surface area contributed by atoms with Crippen molar-refractivity contribution < 1.29 is 46.5 Å². The zero-order valence-corrected chi connectivity index (χ0v) is 24.3. The summed E-state index contributed by atoms with van der Waals surface area (Å²) in [7, 11) is 0. The van der Waals surface area contributed by atoms with Gasteiger partial charge in [0.05, 0.1) is 18.0 Å². The summed E-state index contributed by atoms with van der Waals surface area (Å²) in [5.41, 5.74) is -2.83. The number of nitrogens with one attached hydrogen (secondary N) is 2. The van der Waals surface area contributed by atoms with Crippen LogP contribution in [0.5, 0.6) is 0 Å². The fourth-order valence-corrected chi connectivity index (χ4v) is 5.22. The van der Waals surface area contributed by atoms with Gasteiger partial charge in [0.2, 0.25) is 40.9 Å². The lowest BCUT2D eigenvalue weighted by atomic mass is 9.98. The molecule has 5 rings (SSSR count). The van der Waals surface area contributed by atoms with Crippen LogP contribution in [0, 0.1) is 5.92 Å². The van der Waals surface area contributed by atoms with Crippen molar-refractivity contribution in [2.24, 2.45) is 5.92 Å². The molecule has 1 aromatic carbocycles. The lowest BCUT2D eigenvalue weighted by Crippen LogP contribution is -2.60. The standard InChI is InChI=1S/C29H26F3N7O7/c1-15(2)23(24(43)25-35-20(46-37-25)13-16-4-3-5-18(12-16)29(30,31)32)34-19(40)14-38-26(44)28(36-27(38)45,17-8-10-33-11-9-17)39-21(41)6-7-22(39)42/h3-5,8-12,15,23H,6-7,13-14H2,1-2H3,(H,34,40)(H,36,45)/t23-,28?/m0/s1. The Hall–Kier alpha value is -5.48. The molecule has 0 saturated carbocycles. The fraction of sp³-hybridized carbons (Fsp3) is 0.345. The Balaban J connectivity index is 1.31. The third-order valence-electron chi connectivity index (χ3n) is 7.44. The fourth-order valence-electron chi connectivity index (χ4n) is 5.22. The first kappa shape index (κ1) is 31.9. The van der Waals surface area contributed by atoms with E-state index in [0.717, 1.165) is 12.1 Å². The summed E-state index contributed by atoms with van der Waals surface area (Å²) in [6.07, 6.45) is -2.50. The third-order valence-corrected chi connectivity index (χ3v) is 7.44. The normalized spacial score (nSPS) is 19.2. The number of amides is 6. The van der Waals surface area contributed by atoms with E-state index in [1.165, 1.54) is 36.7 Å². The molecule has 14 nitrogen and oxygen atoms in total. The first-order valence-corrected chi connectivity index (χ1v) is 13.9. The molecular weight excluding hydrogens is 615 g/mol. The molecule has 2 aliphatic heterocycles. The van der Waals surface area contributed by atoms with E-state index in [4.69, 9.17) is 4.52 Å². The molecule has 2 saturated heterocycles. The highest BCUT2D eigenvalue weighted by Crippen LogP contribution is 2.36. The lowest BCUT2D eigenvalue weighted by Gasteiger charge is -2.34. The Labute approximate surface area is 258 Å². The highest BCUT2D eigenvalue weighted by Gasteiger charge is 2.61. The Morgan fingerprint density at radius 1 is 1.07 bits per heavy atom. The van der Waals surface area contributed by atoms with E-state index in [1.807, 2.05) is 0 Å². The monoisotopic (exact) mass is 641 g/mol. The van der Waals surface area contributed by atoms with Crippen LogP contribution < -0.4 is 10.6 Å². The molecule has 4 heterocycles. The van der Waals surface area contributed by atoms with Gasteiger partial charge in [0.25, 0.3) is 5.91 Å². The van der Waals surface area contributed by atoms with Crippen molar-refractivity contribution in [3.63, 3.8) is 0 Å². The summed E-state index contributed by atoms with van der Waals surface area (Å²) in [6, 6.07) is 4.84. The number of ketones is 1. The second-order valence-corrected chi connectivity index (χ2v) is 10.9. The van der Waals surface area contributed by atoms with Gasteiger partial charge in [0.1, 0.15) is 6.54 Å². The average Bonchev–Trinajstić information content (AvgIpc) is 3.68. The van der Waals surface area contributed by atoms with Crippen molar-refractivity contribution in [1.29, 1.82) is 0 Å². The van der Waals surface area contributed by atoms with E-state index >= 15 is 0 Å². The Bertz CT molecular complexity index is 1710. The summed E-state index contributed by atoms with van der Waals surface area (Å²) in [5, 5.41) is 8.48. The molecule has 2 aromatic heterocycles. The van der Waals surface area contributed by atoms with Crippen LogP contribution in [0.3, 0.4) is 0 Å². The molecule has 0 bridgehead atoms. The molecule has 0 spiro atoms. The first-order valence-electron chi connectivity index (χ1n) is 13.9. The number of urea groups is 1. The third kappa shape index (κ3) is 5.94. The van der Waals surface area contributed by atoms with Gasteiger partial charge in [-0.25, -0.2) is 9.69 Å². The molecule has 2 fully saturated rings. The Morgan fingerprint density at radius 2 is 1.74 bits per heavy atom. The second-order valence-electron chi connectivity index (χ2n) is 10.9. The number of benzene rings is 1. The van der Waals surface area contributed by atoms with Gasteiger partial charge in [0.15, 0.2) is 0 Å². The topological polar surface area (TPSA) is 185 Å². The minimum Gasteiger partial charge on any atom is -0.344 e. The summed E-state index contributed by atoms with van der Waals surface area (Å²) in [6.45, 7) is 2.32. The number of hydrogen-bond acceptors (Lipinski definition) is 10. The maximum atomic E-state index is 13.8. The van der Waals surface area contributed by atoms with Crippen LogP contribution in [0.15, 0.2) is 53.3 Å². The quantitative estimate of drug-likeness (QED) is 0.188. The number of halogens is 3. The highest BCUT2D eigenvalue weighted by molar-refractivity contribution is 6.15. The maximum absolute atomic E-state index is 13.8. The largest absolute Gasteiger partial charge is 0.416 e. The van der Waals surface area contributed by atoms with Crippen molar-refractivity contribution in [2.45, 2.75) is 51.0 Å². The molecule has 3 aromatic rings. The number of hydrogen-bond donors (Lipinski definition) is 2. The molecule has 6 amide bonds. The molecule has 0 aliphatic carbocycles. The number of nitrogens with zero attached hydrogens (tertiary/aromatic N) is 5. The van der Waals surface area contributed by atoms with Crippen molar-refractivity contribution >= 4 is 35.4 Å². The number of rotatable bonds is 10. The van der Waals surface area contributed by atoms with Gasteiger partial charge < -0.3 is 15.2 Å². The van der Waals surface area contributed by atoms with Crippen LogP contribution in [0.4, 0.5) is 18.0 Å². The number of imide groups is 2. The molecule has 2 N–H and O–H groups in total. The Morgan fingerprint density at radius 3 is 2.37 bits per heavy atom. The summed E-state index contributed by atoms with van der Waals surface area (Å²) in [4.78, 5) is 87.7.